The van der Waals surface area contributed by atoms with E-state index in [9.17, 15) is 10.1 Å². The van der Waals surface area contributed by atoms with E-state index in [-0.39, 0.29) is 5.57 Å². The third-order valence-electron chi connectivity index (χ3n) is 4.53. The summed E-state index contributed by atoms with van der Waals surface area (Å²) in [5.41, 5.74) is 1.61. The minimum Gasteiger partial charge on any atom is -0.321 e. The predicted molar refractivity (Wildman–Crippen MR) is 110 cm³/mol. The zero-order chi connectivity index (χ0) is 18.6. The Morgan fingerprint density at radius 1 is 0.778 bits per heavy atom. The molecule has 4 aromatic rings. The van der Waals surface area contributed by atoms with Gasteiger partial charge >= 0.3 is 0 Å². The highest BCUT2D eigenvalue weighted by molar-refractivity contribution is 6.13. The average Bonchev–Trinajstić information content (AvgIpc) is 2.72. The Labute approximate surface area is 157 Å². The smallest absolute Gasteiger partial charge is 0.266 e. The van der Waals surface area contributed by atoms with Crippen molar-refractivity contribution in [2.24, 2.45) is 0 Å². The lowest BCUT2D eigenvalue weighted by atomic mass is 10.0. The zero-order valence-electron chi connectivity index (χ0n) is 14.5. The van der Waals surface area contributed by atoms with Crippen LogP contribution in [0, 0.1) is 11.3 Å². The quantitative estimate of drug-likeness (QED) is 0.390. The van der Waals surface area contributed by atoms with Crippen molar-refractivity contribution in [2.45, 2.75) is 0 Å². The molecule has 3 nitrogen and oxygen atoms in total. The molecule has 0 fully saturated rings. The summed E-state index contributed by atoms with van der Waals surface area (Å²) in [7, 11) is 0. The number of hydrogen-bond donors (Lipinski definition) is 1. The molecule has 0 spiro atoms. The maximum absolute atomic E-state index is 12.7. The highest BCUT2D eigenvalue weighted by Gasteiger charge is 2.12. The molecule has 0 radical (unpaired) electrons. The van der Waals surface area contributed by atoms with Gasteiger partial charge in [-0.15, -0.1) is 0 Å². The lowest BCUT2D eigenvalue weighted by molar-refractivity contribution is -0.112. The molecule has 4 rings (SSSR count). The number of nitrogens with zero attached hydrogens (tertiary/aromatic N) is 1. The van der Waals surface area contributed by atoms with Gasteiger partial charge in [0.15, 0.2) is 0 Å². The van der Waals surface area contributed by atoms with Gasteiger partial charge < -0.3 is 5.32 Å². The predicted octanol–water partition coefficient (Wildman–Crippen LogP) is 5.54. The molecule has 0 aliphatic carbocycles. The lowest BCUT2D eigenvalue weighted by Gasteiger charge is -2.08. The van der Waals surface area contributed by atoms with Crippen LogP contribution in [0.4, 0.5) is 5.69 Å². The normalized spacial score (nSPS) is 11.3. The van der Waals surface area contributed by atoms with Gasteiger partial charge in [0.05, 0.1) is 0 Å². The van der Waals surface area contributed by atoms with Gasteiger partial charge in [-0.05, 0) is 33.9 Å². The summed E-state index contributed by atoms with van der Waals surface area (Å²) in [5.74, 6) is -0.415. The van der Waals surface area contributed by atoms with Crippen molar-refractivity contribution >= 4 is 39.2 Å². The Balaban J connectivity index is 1.71. The summed E-state index contributed by atoms with van der Waals surface area (Å²) in [6, 6.07) is 29.3. The molecule has 4 aromatic carbocycles. The number of carbonyl (C=O) groups excluding carboxylic acids is 1. The van der Waals surface area contributed by atoms with Crippen LogP contribution >= 0.6 is 0 Å². The molecule has 0 heterocycles. The van der Waals surface area contributed by atoms with Crippen LogP contribution in [0.15, 0.2) is 90.5 Å². The molecular formula is C24H16N2O. The Morgan fingerprint density at radius 2 is 1.37 bits per heavy atom. The van der Waals surface area contributed by atoms with Crippen molar-refractivity contribution in [3.63, 3.8) is 0 Å². The van der Waals surface area contributed by atoms with Crippen molar-refractivity contribution in [3.8, 4) is 6.07 Å². The molecule has 1 N–H and O–H groups in total. The minimum atomic E-state index is -0.415. The fourth-order valence-electron chi connectivity index (χ4n) is 3.20. The van der Waals surface area contributed by atoms with E-state index in [1.54, 1.807) is 6.08 Å². The monoisotopic (exact) mass is 348 g/mol. The van der Waals surface area contributed by atoms with Gasteiger partial charge in [-0.2, -0.15) is 5.26 Å². The van der Waals surface area contributed by atoms with Crippen LogP contribution in [0.5, 0.6) is 0 Å². The standard InChI is InChI=1S/C24H16N2O/c25-16-20(15-19-11-5-9-17-7-1-3-12-21(17)19)24(27)26-23-14-6-10-18-8-2-4-13-22(18)23/h1-15H,(H,26,27). The van der Waals surface area contributed by atoms with Crippen LogP contribution in [-0.2, 0) is 4.79 Å². The molecule has 27 heavy (non-hydrogen) atoms. The molecule has 0 aliphatic rings. The Hall–Kier alpha value is -3.90. The fourth-order valence-corrected chi connectivity index (χ4v) is 3.20. The van der Waals surface area contributed by atoms with E-state index < -0.39 is 5.91 Å². The van der Waals surface area contributed by atoms with Crippen LogP contribution < -0.4 is 5.32 Å². The van der Waals surface area contributed by atoms with Crippen LogP contribution in [0.2, 0.25) is 0 Å². The molecule has 0 unspecified atom stereocenters. The van der Waals surface area contributed by atoms with Crippen molar-refractivity contribution in [1.82, 2.24) is 0 Å². The first-order valence-corrected chi connectivity index (χ1v) is 8.65. The third-order valence-corrected chi connectivity index (χ3v) is 4.53. The van der Waals surface area contributed by atoms with E-state index in [2.05, 4.69) is 5.32 Å². The van der Waals surface area contributed by atoms with Crippen LogP contribution in [0.25, 0.3) is 27.6 Å². The highest BCUT2D eigenvalue weighted by Crippen LogP contribution is 2.24. The Morgan fingerprint density at radius 3 is 2.11 bits per heavy atom. The molecule has 1 amide bonds. The first kappa shape index (κ1) is 16.6. The van der Waals surface area contributed by atoms with Gasteiger partial charge in [-0.25, -0.2) is 0 Å². The second kappa shape index (κ2) is 7.15. The summed E-state index contributed by atoms with van der Waals surface area (Å²) < 4.78 is 0. The summed E-state index contributed by atoms with van der Waals surface area (Å²) >= 11 is 0. The van der Waals surface area contributed by atoms with Gasteiger partial charge in [0.2, 0.25) is 0 Å². The molecule has 0 saturated heterocycles. The maximum Gasteiger partial charge on any atom is 0.266 e. The van der Waals surface area contributed by atoms with E-state index >= 15 is 0 Å². The topological polar surface area (TPSA) is 52.9 Å². The fraction of sp³-hybridized carbons (Fsp3) is 0. The molecule has 0 bridgehead atoms. The zero-order valence-corrected chi connectivity index (χ0v) is 14.5. The second-order valence-corrected chi connectivity index (χ2v) is 6.22. The van der Waals surface area contributed by atoms with Crippen LogP contribution in [0.3, 0.4) is 0 Å². The van der Waals surface area contributed by atoms with E-state index in [1.165, 1.54) is 0 Å². The first-order valence-electron chi connectivity index (χ1n) is 8.65. The number of fused-ring (bicyclic) bond motifs is 2. The molecule has 0 aromatic heterocycles. The van der Waals surface area contributed by atoms with Crippen molar-refractivity contribution in [2.75, 3.05) is 5.32 Å². The summed E-state index contributed by atoms with van der Waals surface area (Å²) in [5, 5.41) is 16.5. The largest absolute Gasteiger partial charge is 0.321 e. The number of carbonyl (C=O) groups is 1. The Bertz CT molecular complexity index is 1220. The van der Waals surface area contributed by atoms with Gasteiger partial charge in [0.25, 0.3) is 5.91 Å². The number of hydrogen-bond acceptors (Lipinski definition) is 2. The van der Waals surface area contributed by atoms with E-state index in [1.807, 2.05) is 91.0 Å². The van der Waals surface area contributed by atoms with Crippen molar-refractivity contribution < 1.29 is 4.79 Å². The van der Waals surface area contributed by atoms with Crippen molar-refractivity contribution in [3.05, 3.63) is 96.1 Å². The molecule has 0 atom stereocenters. The third kappa shape index (κ3) is 3.29. The molecule has 0 aliphatic heterocycles. The second-order valence-electron chi connectivity index (χ2n) is 6.22. The van der Waals surface area contributed by atoms with E-state index in [0.29, 0.717) is 5.69 Å². The first-order chi connectivity index (χ1) is 13.3. The number of benzene rings is 4. The van der Waals surface area contributed by atoms with Crippen molar-refractivity contribution in [1.29, 1.82) is 5.26 Å². The van der Waals surface area contributed by atoms with Gasteiger partial charge in [-0.1, -0.05) is 78.9 Å². The van der Waals surface area contributed by atoms with Gasteiger partial charge in [0, 0.05) is 11.1 Å². The van der Waals surface area contributed by atoms with Crippen LogP contribution in [-0.4, -0.2) is 5.91 Å². The summed E-state index contributed by atoms with van der Waals surface area (Å²) in [6.07, 6.45) is 1.64. The van der Waals surface area contributed by atoms with E-state index in [0.717, 1.165) is 27.1 Å². The average molecular weight is 348 g/mol. The minimum absolute atomic E-state index is 0.0688. The molecule has 3 heteroatoms. The van der Waals surface area contributed by atoms with Crippen LogP contribution in [0.1, 0.15) is 5.56 Å². The summed E-state index contributed by atoms with van der Waals surface area (Å²) in [4.78, 5) is 12.7. The SMILES string of the molecule is N#CC(=Cc1cccc2ccccc12)C(=O)Nc1cccc2ccccc12. The number of anilines is 1. The van der Waals surface area contributed by atoms with E-state index in [4.69, 9.17) is 0 Å². The highest BCUT2D eigenvalue weighted by atomic mass is 16.1. The van der Waals surface area contributed by atoms with Gasteiger partial charge in [0.1, 0.15) is 11.6 Å². The Kier molecular flexibility index (Phi) is 4.38. The molecular weight excluding hydrogens is 332 g/mol. The summed E-state index contributed by atoms with van der Waals surface area (Å²) in [6.45, 7) is 0. The number of nitrogens with one attached hydrogen (secondary N) is 1. The number of rotatable bonds is 3. The lowest BCUT2D eigenvalue weighted by Crippen LogP contribution is -2.13. The van der Waals surface area contributed by atoms with Gasteiger partial charge in [-0.3, -0.25) is 4.79 Å². The number of nitriles is 1. The number of amides is 1. The molecule has 0 saturated carbocycles. The molecule has 128 valence electrons. The maximum atomic E-state index is 12.7.